The number of amides is 1. The number of alkyl halides is 3. The van der Waals surface area contributed by atoms with E-state index in [1.807, 2.05) is 0 Å². The van der Waals surface area contributed by atoms with Crippen molar-refractivity contribution in [2.24, 2.45) is 0 Å². The standard InChI is InChI=1S/C24H21F5N6O4S/c1-30-23(37)21-19-16(33-34-21)9-15(12-8-14(26)18(36)7-11(12)10-24(27,28)29)31-22(19)32-20-13(25)5-4-6-17(20)35(2)40(3,38)39/h4-9,36H,10H2,1-3H3,(H,30,37)(H,31,32)(H,33,34). The number of rotatable bonds is 7. The van der Waals surface area contributed by atoms with Crippen LogP contribution in [-0.2, 0) is 16.4 Å². The van der Waals surface area contributed by atoms with Gasteiger partial charge in [0.15, 0.2) is 17.3 Å². The van der Waals surface area contributed by atoms with E-state index in [-0.39, 0.29) is 39.4 Å². The van der Waals surface area contributed by atoms with E-state index in [0.717, 1.165) is 16.6 Å². The highest BCUT2D eigenvalue weighted by atomic mass is 32.2. The number of phenols is 1. The number of hydrogen-bond acceptors (Lipinski definition) is 7. The Kier molecular flexibility index (Phi) is 7.32. The zero-order chi connectivity index (χ0) is 29.6. The van der Waals surface area contributed by atoms with Crippen molar-refractivity contribution in [1.82, 2.24) is 20.5 Å². The Hall–Kier alpha value is -4.47. The van der Waals surface area contributed by atoms with Gasteiger partial charge in [-0.1, -0.05) is 6.07 Å². The van der Waals surface area contributed by atoms with Crippen LogP contribution in [0.15, 0.2) is 36.4 Å². The molecule has 4 N–H and O–H groups in total. The predicted octanol–water partition coefficient (Wildman–Crippen LogP) is 4.21. The maximum Gasteiger partial charge on any atom is 0.393 e. The second kappa shape index (κ2) is 10.3. The van der Waals surface area contributed by atoms with Crippen molar-refractivity contribution in [3.8, 4) is 17.0 Å². The fourth-order valence-electron chi connectivity index (χ4n) is 3.96. The molecule has 0 saturated heterocycles. The molecule has 10 nitrogen and oxygen atoms in total. The predicted molar refractivity (Wildman–Crippen MR) is 137 cm³/mol. The number of benzene rings is 2. The van der Waals surface area contributed by atoms with Crippen LogP contribution in [0.4, 0.5) is 39.1 Å². The number of nitrogens with one attached hydrogen (secondary N) is 3. The molecule has 0 aliphatic rings. The lowest BCUT2D eigenvalue weighted by Gasteiger charge is -2.21. The molecule has 2 heterocycles. The number of fused-ring (bicyclic) bond motifs is 1. The second-order valence-corrected chi connectivity index (χ2v) is 10.7. The number of aromatic hydroxyl groups is 1. The average molecular weight is 585 g/mol. The molecule has 4 aromatic rings. The fraction of sp³-hybridized carbons (Fsp3) is 0.208. The van der Waals surface area contributed by atoms with Crippen molar-refractivity contribution in [3.05, 3.63) is 59.3 Å². The molecular formula is C24H21F5N6O4S. The Balaban J connectivity index is 2.01. The van der Waals surface area contributed by atoms with Crippen LogP contribution in [0.3, 0.4) is 0 Å². The molecule has 2 aromatic heterocycles. The number of aromatic nitrogens is 3. The lowest BCUT2D eigenvalue weighted by molar-refractivity contribution is -0.127. The van der Waals surface area contributed by atoms with Gasteiger partial charge in [-0.05, 0) is 35.9 Å². The summed E-state index contributed by atoms with van der Waals surface area (Å²) in [4.78, 5) is 16.8. The van der Waals surface area contributed by atoms with Gasteiger partial charge in [0.05, 0.1) is 35.0 Å². The molecule has 16 heteroatoms. The van der Waals surface area contributed by atoms with Crippen LogP contribution in [0.1, 0.15) is 16.1 Å². The van der Waals surface area contributed by atoms with Gasteiger partial charge in [-0.2, -0.15) is 18.3 Å². The number of phenolic OH excluding ortho intramolecular Hbond substituents is 1. The highest BCUT2D eigenvalue weighted by molar-refractivity contribution is 7.92. The monoisotopic (exact) mass is 584 g/mol. The molecule has 0 bridgehead atoms. The van der Waals surface area contributed by atoms with Crippen LogP contribution in [-0.4, -0.2) is 61.1 Å². The van der Waals surface area contributed by atoms with Crippen molar-refractivity contribution < 1.29 is 40.3 Å². The third-order valence-corrected chi connectivity index (χ3v) is 7.09. The van der Waals surface area contributed by atoms with Gasteiger partial charge in [0, 0.05) is 19.7 Å². The fourth-order valence-corrected chi connectivity index (χ4v) is 4.47. The van der Waals surface area contributed by atoms with Gasteiger partial charge in [0.1, 0.15) is 17.3 Å². The van der Waals surface area contributed by atoms with E-state index in [1.165, 1.54) is 32.3 Å². The van der Waals surface area contributed by atoms with E-state index >= 15 is 4.39 Å². The number of carbonyl (C=O) groups is 1. The maximum absolute atomic E-state index is 15.1. The Bertz CT molecular complexity index is 1740. The second-order valence-electron chi connectivity index (χ2n) is 8.67. The lowest BCUT2D eigenvalue weighted by Crippen LogP contribution is -2.26. The summed E-state index contributed by atoms with van der Waals surface area (Å²) in [5.74, 6) is -4.16. The molecule has 0 fully saturated rings. The summed E-state index contributed by atoms with van der Waals surface area (Å²) < 4.78 is 94.6. The smallest absolute Gasteiger partial charge is 0.393 e. The molecule has 0 aliphatic carbocycles. The number of carbonyl (C=O) groups excluding carboxylic acids is 1. The summed E-state index contributed by atoms with van der Waals surface area (Å²) in [6.07, 6.45) is -5.38. The summed E-state index contributed by atoms with van der Waals surface area (Å²) in [5.41, 5.74) is -1.84. The molecule has 212 valence electrons. The van der Waals surface area contributed by atoms with Gasteiger partial charge < -0.3 is 15.7 Å². The number of para-hydroxylation sites is 1. The number of pyridine rings is 1. The molecule has 1 amide bonds. The first-order valence-electron chi connectivity index (χ1n) is 11.3. The average Bonchev–Trinajstić information content (AvgIpc) is 3.29. The minimum atomic E-state index is -4.73. The highest BCUT2D eigenvalue weighted by Gasteiger charge is 2.31. The minimum absolute atomic E-state index is 0.0177. The topological polar surface area (TPSA) is 140 Å². The number of anilines is 3. The number of hydrogen-bond donors (Lipinski definition) is 4. The maximum atomic E-state index is 15.1. The normalized spacial score (nSPS) is 12.0. The molecule has 4 rings (SSSR count). The van der Waals surface area contributed by atoms with E-state index < -0.39 is 57.2 Å². The van der Waals surface area contributed by atoms with Crippen molar-refractivity contribution >= 4 is 44.0 Å². The molecule has 0 radical (unpaired) electrons. The van der Waals surface area contributed by atoms with Gasteiger partial charge in [-0.3, -0.25) is 14.2 Å². The van der Waals surface area contributed by atoms with Crippen LogP contribution >= 0.6 is 0 Å². The van der Waals surface area contributed by atoms with E-state index in [0.29, 0.717) is 12.1 Å². The summed E-state index contributed by atoms with van der Waals surface area (Å²) in [6.45, 7) is 0. The third kappa shape index (κ3) is 5.61. The van der Waals surface area contributed by atoms with Crippen LogP contribution < -0.4 is 14.9 Å². The quantitative estimate of drug-likeness (QED) is 0.239. The minimum Gasteiger partial charge on any atom is -0.505 e. The number of H-pyrrole nitrogens is 1. The number of halogens is 5. The summed E-state index contributed by atoms with van der Waals surface area (Å²) in [5, 5.41) is 21.2. The molecule has 2 aromatic carbocycles. The summed E-state index contributed by atoms with van der Waals surface area (Å²) in [6, 6.07) is 6.06. The van der Waals surface area contributed by atoms with Gasteiger partial charge >= 0.3 is 6.18 Å². The largest absolute Gasteiger partial charge is 0.505 e. The zero-order valence-electron chi connectivity index (χ0n) is 21.0. The van der Waals surface area contributed by atoms with Gasteiger partial charge in [-0.25, -0.2) is 22.2 Å². The lowest BCUT2D eigenvalue weighted by atomic mass is 9.99. The number of nitrogens with zero attached hydrogens (tertiary/aromatic N) is 3. The Morgan fingerprint density at radius 3 is 2.48 bits per heavy atom. The van der Waals surface area contributed by atoms with Crippen molar-refractivity contribution in [2.75, 3.05) is 30.0 Å². The van der Waals surface area contributed by atoms with Crippen molar-refractivity contribution in [3.63, 3.8) is 0 Å². The summed E-state index contributed by atoms with van der Waals surface area (Å²) >= 11 is 0. The van der Waals surface area contributed by atoms with Gasteiger partial charge in [0.25, 0.3) is 5.91 Å². The van der Waals surface area contributed by atoms with Gasteiger partial charge in [-0.15, -0.1) is 0 Å². The van der Waals surface area contributed by atoms with E-state index in [1.54, 1.807) is 0 Å². The number of sulfonamides is 1. The SMILES string of the molecule is CNC(=O)c1n[nH]c2cc(-c3cc(F)c(O)cc3CC(F)(F)F)nc(Nc3c(F)cccc3N(C)S(C)(=O)=O)c12. The Morgan fingerprint density at radius 1 is 1.15 bits per heavy atom. The molecule has 0 atom stereocenters. The molecule has 0 unspecified atom stereocenters. The Labute approximate surface area is 223 Å². The molecule has 0 spiro atoms. The number of aromatic amines is 1. The van der Waals surface area contributed by atoms with Crippen molar-refractivity contribution in [2.45, 2.75) is 12.6 Å². The first kappa shape index (κ1) is 28.5. The van der Waals surface area contributed by atoms with Crippen LogP contribution in [0.25, 0.3) is 22.2 Å². The molecule has 0 aliphatic heterocycles. The van der Waals surface area contributed by atoms with Gasteiger partial charge in [0.2, 0.25) is 10.0 Å². The zero-order valence-corrected chi connectivity index (χ0v) is 21.8. The highest BCUT2D eigenvalue weighted by Crippen LogP contribution is 2.38. The Morgan fingerprint density at radius 2 is 1.85 bits per heavy atom. The molecule has 40 heavy (non-hydrogen) atoms. The van der Waals surface area contributed by atoms with Crippen molar-refractivity contribution in [1.29, 1.82) is 0 Å². The van der Waals surface area contributed by atoms with E-state index in [2.05, 4.69) is 25.8 Å². The van der Waals surface area contributed by atoms with Crippen LogP contribution in [0.5, 0.6) is 5.75 Å². The van der Waals surface area contributed by atoms with Crippen LogP contribution in [0, 0.1) is 11.6 Å². The van der Waals surface area contributed by atoms with Crippen LogP contribution in [0.2, 0.25) is 0 Å². The molecular weight excluding hydrogens is 563 g/mol. The van der Waals surface area contributed by atoms with E-state index in [4.69, 9.17) is 0 Å². The molecule has 0 saturated carbocycles. The summed E-state index contributed by atoms with van der Waals surface area (Å²) in [7, 11) is -1.39. The first-order chi connectivity index (χ1) is 18.6. The third-order valence-electron chi connectivity index (χ3n) is 5.90. The first-order valence-corrected chi connectivity index (χ1v) is 13.1. The van der Waals surface area contributed by atoms with E-state index in [9.17, 15) is 35.9 Å².